The van der Waals surface area contributed by atoms with Crippen molar-refractivity contribution < 1.29 is 38.1 Å². The van der Waals surface area contributed by atoms with Gasteiger partial charge >= 0.3 is 11.9 Å². The van der Waals surface area contributed by atoms with E-state index in [-0.39, 0.29) is 24.0 Å². The molecule has 31 heavy (non-hydrogen) atoms. The van der Waals surface area contributed by atoms with Crippen LogP contribution in [0.5, 0.6) is 11.5 Å². The molecule has 168 valence electrons. The standard InChI is InChI=1S/C21H25NO8S/c1-5-28-16-8-14(6-7-15(16)29-12-19(24)27-4)9-17-20(25)22(21(26)31-17)10-18(23)30-11-13(2)3/h6-9,13H,5,10-12H2,1-4H3/b17-9+. The Labute approximate surface area is 184 Å². The first-order valence-electron chi connectivity index (χ1n) is 9.62. The maximum absolute atomic E-state index is 12.6. The molecule has 10 heteroatoms. The van der Waals surface area contributed by atoms with E-state index in [1.165, 1.54) is 13.2 Å². The molecule has 0 N–H and O–H groups in total. The Morgan fingerprint density at radius 2 is 1.87 bits per heavy atom. The quantitative estimate of drug-likeness (QED) is 0.392. The number of thioether (sulfide) groups is 1. The smallest absolute Gasteiger partial charge is 0.343 e. The number of amides is 2. The Balaban J connectivity index is 2.14. The minimum atomic E-state index is -0.636. The Hall–Kier alpha value is -3.01. The Kier molecular flexibility index (Phi) is 8.92. The van der Waals surface area contributed by atoms with Crippen LogP contribution in [0.4, 0.5) is 4.79 Å². The van der Waals surface area contributed by atoms with Crippen molar-refractivity contribution in [3.05, 3.63) is 28.7 Å². The zero-order chi connectivity index (χ0) is 23.0. The Bertz CT molecular complexity index is 880. The average molecular weight is 451 g/mol. The molecule has 0 saturated carbocycles. The molecule has 1 saturated heterocycles. The van der Waals surface area contributed by atoms with E-state index in [0.717, 1.165) is 16.7 Å². The monoisotopic (exact) mass is 451 g/mol. The number of carbonyl (C=O) groups excluding carboxylic acids is 4. The summed E-state index contributed by atoms with van der Waals surface area (Å²) in [6, 6.07) is 4.87. The van der Waals surface area contributed by atoms with Crippen LogP contribution in [0.25, 0.3) is 6.08 Å². The van der Waals surface area contributed by atoms with Gasteiger partial charge in [-0.25, -0.2) is 4.79 Å². The van der Waals surface area contributed by atoms with E-state index >= 15 is 0 Å². The van der Waals surface area contributed by atoms with Gasteiger partial charge < -0.3 is 18.9 Å². The SMILES string of the molecule is CCOc1cc(/C=C2/SC(=O)N(CC(=O)OCC(C)C)C2=O)ccc1OCC(=O)OC. The first-order valence-corrected chi connectivity index (χ1v) is 10.4. The van der Waals surface area contributed by atoms with Gasteiger partial charge in [0.2, 0.25) is 0 Å². The molecule has 1 aromatic carbocycles. The molecule has 2 rings (SSSR count). The van der Waals surface area contributed by atoms with Crippen molar-refractivity contribution >= 4 is 40.9 Å². The zero-order valence-corrected chi connectivity index (χ0v) is 18.7. The highest BCUT2D eigenvalue weighted by Gasteiger charge is 2.36. The predicted octanol–water partition coefficient (Wildman–Crippen LogP) is 2.87. The fourth-order valence-electron chi connectivity index (χ4n) is 2.42. The van der Waals surface area contributed by atoms with E-state index in [2.05, 4.69) is 4.74 Å². The van der Waals surface area contributed by atoms with E-state index in [1.54, 1.807) is 25.1 Å². The summed E-state index contributed by atoms with van der Waals surface area (Å²) < 4.78 is 20.5. The van der Waals surface area contributed by atoms with E-state index in [0.29, 0.717) is 23.7 Å². The lowest BCUT2D eigenvalue weighted by atomic mass is 10.2. The number of hydrogen-bond acceptors (Lipinski definition) is 9. The lowest BCUT2D eigenvalue weighted by Crippen LogP contribution is -2.34. The number of hydrogen-bond donors (Lipinski definition) is 0. The van der Waals surface area contributed by atoms with Gasteiger partial charge in [-0.2, -0.15) is 0 Å². The van der Waals surface area contributed by atoms with Gasteiger partial charge in [0.15, 0.2) is 18.1 Å². The van der Waals surface area contributed by atoms with Crippen molar-refractivity contribution in [2.24, 2.45) is 5.92 Å². The molecule has 0 aliphatic carbocycles. The van der Waals surface area contributed by atoms with Crippen molar-refractivity contribution in [2.45, 2.75) is 20.8 Å². The summed E-state index contributed by atoms with van der Waals surface area (Å²) in [6.07, 6.45) is 1.52. The van der Waals surface area contributed by atoms with Gasteiger partial charge in [0.1, 0.15) is 6.54 Å². The van der Waals surface area contributed by atoms with Gasteiger partial charge in [0.05, 0.1) is 25.2 Å². The summed E-state index contributed by atoms with van der Waals surface area (Å²) in [5, 5.41) is -0.541. The van der Waals surface area contributed by atoms with Gasteiger partial charge in [-0.15, -0.1) is 0 Å². The second kappa shape index (κ2) is 11.4. The highest BCUT2D eigenvalue weighted by molar-refractivity contribution is 8.18. The van der Waals surface area contributed by atoms with Crippen LogP contribution in [-0.4, -0.2) is 61.5 Å². The molecule has 9 nitrogen and oxygen atoms in total. The third-order valence-electron chi connectivity index (χ3n) is 3.88. The number of carbonyl (C=O) groups is 4. The number of nitrogens with zero attached hydrogens (tertiary/aromatic N) is 1. The molecular weight excluding hydrogens is 426 g/mol. The van der Waals surface area contributed by atoms with Crippen molar-refractivity contribution in [3.8, 4) is 11.5 Å². The predicted molar refractivity (Wildman–Crippen MR) is 114 cm³/mol. The number of imide groups is 1. The topological polar surface area (TPSA) is 108 Å². The molecule has 1 aliphatic heterocycles. The lowest BCUT2D eigenvalue weighted by molar-refractivity contribution is -0.147. The fraction of sp³-hybridized carbons (Fsp3) is 0.429. The number of esters is 2. The van der Waals surface area contributed by atoms with Crippen LogP contribution >= 0.6 is 11.8 Å². The molecule has 1 heterocycles. The Morgan fingerprint density at radius 1 is 1.13 bits per heavy atom. The van der Waals surface area contributed by atoms with Crippen LogP contribution in [-0.2, 0) is 23.9 Å². The number of benzene rings is 1. The van der Waals surface area contributed by atoms with E-state index in [9.17, 15) is 19.2 Å². The van der Waals surface area contributed by atoms with Crippen LogP contribution < -0.4 is 9.47 Å². The van der Waals surface area contributed by atoms with E-state index in [1.807, 2.05) is 13.8 Å². The van der Waals surface area contributed by atoms with E-state index in [4.69, 9.17) is 14.2 Å². The molecule has 1 aromatic rings. The second-order valence-corrected chi connectivity index (χ2v) is 7.84. The fourth-order valence-corrected chi connectivity index (χ4v) is 3.26. The summed E-state index contributed by atoms with van der Waals surface area (Å²) in [5.41, 5.74) is 0.585. The summed E-state index contributed by atoms with van der Waals surface area (Å²) in [5.74, 6) is -0.879. The minimum absolute atomic E-state index is 0.151. The van der Waals surface area contributed by atoms with Crippen LogP contribution in [0, 0.1) is 5.92 Å². The van der Waals surface area contributed by atoms with Crippen LogP contribution in [0.2, 0.25) is 0 Å². The molecule has 2 amide bonds. The van der Waals surface area contributed by atoms with Gasteiger partial charge in [0, 0.05) is 0 Å². The summed E-state index contributed by atoms with van der Waals surface area (Å²) in [6.45, 7) is 5.43. The average Bonchev–Trinajstić information content (AvgIpc) is 2.99. The summed E-state index contributed by atoms with van der Waals surface area (Å²) >= 11 is 0.741. The van der Waals surface area contributed by atoms with Gasteiger partial charge in [-0.3, -0.25) is 19.3 Å². The largest absolute Gasteiger partial charge is 0.490 e. The van der Waals surface area contributed by atoms with Crippen LogP contribution in [0.15, 0.2) is 23.1 Å². The molecular formula is C21H25NO8S. The number of rotatable bonds is 10. The maximum Gasteiger partial charge on any atom is 0.343 e. The lowest BCUT2D eigenvalue weighted by Gasteiger charge is -2.13. The maximum atomic E-state index is 12.6. The van der Waals surface area contributed by atoms with Crippen LogP contribution in [0.3, 0.4) is 0 Å². The molecule has 0 unspecified atom stereocenters. The molecule has 0 atom stereocenters. The van der Waals surface area contributed by atoms with Crippen molar-refractivity contribution in [3.63, 3.8) is 0 Å². The second-order valence-electron chi connectivity index (χ2n) is 6.85. The number of ether oxygens (including phenoxy) is 4. The normalized spacial score (nSPS) is 14.9. The van der Waals surface area contributed by atoms with E-state index < -0.39 is 29.6 Å². The highest BCUT2D eigenvalue weighted by Crippen LogP contribution is 2.34. The summed E-state index contributed by atoms with van der Waals surface area (Å²) in [4.78, 5) is 49.0. The highest BCUT2D eigenvalue weighted by atomic mass is 32.2. The van der Waals surface area contributed by atoms with Crippen molar-refractivity contribution in [1.29, 1.82) is 0 Å². The third-order valence-corrected chi connectivity index (χ3v) is 4.78. The van der Waals surface area contributed by atoms with Gasteiger partial charge in [-0.1, -0.05) is 19.9 Å². The summed E-state index contributed by atoms with van der Waals surface area (Å²) in [7, 11) is 1.26. The molecule has 0 radical (unpaired) electrons. The molecule has 0 spiro atoms. The van der Waals surface area contributed by atoms with Crippen molar-refractivity contribution in [2.75, 3.05) is 33.5 Å². The van der Waals surface area contributed by atoms with Crippen molar-refractivity contribution in [1.82, 2.24) is 4.90 Å². The first kappa shape index (κ1) is 24.3. The molecule has 0 bridgehead atoms. The van der Waals surface area contributed by atoms with Gasteiger partial charge in [0.25, 0.3) is 11.1 Å². The molecule has 0 aromatic heterocycles. The number of methoxy groups -OCH3 is 1. The zero-order valence-electron chi connectivity index (χ0n) is 17.8. The molecule has 1 aliphatic rings. The van der Waals surface area contributed by atoms with Gasteiger partial charge in [-0.05, 0) is 48.4 Å². The minimum Gasteiger partial charge on any atom is -0.490 e. The molecule has 1 fully saturated rings. The third kappa shape index (κ3) is 7.02. The first-order chi connectivity index (χ1) is 14.7. The van der Waals surface area contributed by atoms with Crippen LogP contribution in [0.1, 0.15) is 26.3 Å². The Morgan fingerprint density at radius 3 is 2.52 bits per heavy atom.